The SMILES string of the molecule is COC(=O)c1ccc(C(=O)N2CCCC2c2cc(C)on2)cc1. The lowest BCUT2D eigenvalue weighted by Crippen LogP contribution is -2.30. The number of likely N-dealkylation sites (tertiary alicyclic amines) is 1. The van der Waals surface area contributed by atoms with Gasteiger partial charge < -0.3 is 14.2 Å². The van der Waals surface area contributed by atoms with Crippen molar-refractivity contribution < 1.29 is 18.8 Å². The Bertz CT molecular complexity index is 720. The largest absolute Gasteiger partial charge is 0.465 e. The van der Waals surface area contributed by atoms with Gasteiger partial charge >= 0.3 is 5.97 Å². The number of esters is 1. The Morgan fingerprint density at radius 2 is 1.96 bits per heavy atom. The number of hydrogen-bond acceptors (Lipinski definition) is 5. The van der Waals surface area contributed by atoms with E-state index in [1.807, 2.05) is 17.9 Å². The van der Waals surface area contributed by atoms with Gasteiger partial charge in [0, 0.05) is 18.2 Å². The molecule has 1 amide bonds. The lowest BCUT2D eigenvalue weighted by molar-refractivity contribution is 0.0599. The lowest BCUT2D eigenvalue weighted by atomic mass is 10.1. The maximum Gasteiger partial charge on any atom is 0.337 e. The highest BCUT2D eigenvalue weighted by atomic mass is 16.5. The molecule has 120 valence electrons. The first-order valence-electron chi connectivity index (χ1n) is 7.52. The summed E-state index contributed by atoms with van der Waals surface area (Å²) in [6.45, 7) is 2.53. The predicted octanol–water partition coefficient (Wildman–Crippen LogP) is 2.75. The quantitative estimate of drug-likeness (QED) is 0.815. The van der Waals surface area contributed by atoms with E-state index in [2.05, 4.69) is 9.89 Å². The second kappa shape index (κ2) is 6.24. The molecule has 6 heteroatoms. The zero-order valence-electron chi connectivity index (χ0n) is 13.1. The van der Waals surface area contributed by atoms with Crippen LogP contribution in [0, 0.1) is 6.92 Å². The molecule has 2 aromatic rings. The van der Waals surface area contributed by atoms with Crippen LogP contribution in [0.3, 0.4) is 0 Å². The molecule has 1 fully saturated rings. The number of aromatic nitrogens is 1. The molecule has 1 atom stereocenters. The van der Waals surface area contributed by atoms with Crippen molar-refractivity contribution >= 4 is 11.9 Å². The van der Waals surface area contributed by atoms with Crippen LogP contribution >= 0.6 is 0 Å². The van der Waals surface area contributed by atoms with Gasteiger partial charge in [-0.1, -0.05) is 5.16 Å². The number of carbonyl (C=O) groups excluding carboxylic acids is 2. The number of hydrogen-bond donors (Lipinski definition) is 0. The molecule has 0 spiro atoms. The summed E-state index contributed by atoms with van der Waals surface area (Å²) in [5.74, 6) is 0.257. The molecule has 1 aromatic carbocycles. The summed E-state index contributed by atoms with van der Waals surface area (Å²) in [7, 11) is 1.33. The van der Waals surface area contributed by atoms with E-state index in [1.165, 1.54) is 7.11 Å². The van der Waals surface area contributed by atoms with Crippen molar-refractivity contribution in [1.82, 2.24) is 10.1 Å². The molecular formula is C17H18N2O4. The summed E-state index contributed by atoms with van der Waals surface area (Å²) in [6.07, 6.45) is 1.81. The minimum Gasteiger partial charge on any atom is -0.465 e. The van der Waals surface area contributed by atoms with Crippen LogP contribution in [0.2, 0.25) is 0 Å². The van der Waals surface area contributed by atoms with Crippen LogP contribution < -0.4 is 0 Å². The molecule has 1 aromatic heterocycles. The molecule has 6 nitrogen and oxygen atoms in total. The van der Waals surface area contributed by atoms with E-state index in [0.29, 0.717) is 17.7 Å². The zero-order valence-corrected chi connectivity index (χ0v) is 13.1. The Morgan fingerprint density at radius 3 is 2.57 bits per heavy atom. The maximum absolute atomic E-state index is 12.7. The number of nitrogens with zero attached hydrogens (tertiary/aromatic N) is 2. The topological polar surface area (TPSA) is 72.6 Å². The highest BCUT2D eigenvalue weighted by Gasteiger charge is 2.32. The third kappa shape index (κ3) is 2.97. The molecule has 1 saturated heterocycles. The van der Waals surface area contributed by atoms with Gasteiger partial charge in [0.1, 0.15) is 11.5 Å². The van der Waals surface area contributed by atoms with E-state index in [-0.39, 0.29) is 11.9 Å². The molecule has 23 heavy (non-hydrogen) atoms. The minimum absolute atomic E-state index is 0.0553. The van der Waals surface area contributed by atoms with E-state index >= 15 is 0 Å². The summed E-state index contributed by atoms with van der Waals surface area (Å²) in [6, 6.07) is 8.32. The lowest BCUT2D eigenvalue weighted by Gasteiger charge is -2.23. The van der Waals surface area contributed by atoms with Crippen LogP contribution in [0.1, 0.15) is 51.1 Å². The van der Waals surface area contributed by atoms with Gasteiger partial charge in [0.2, 0.25) is 0 Å². The van der Waals surface area contributed by atoms with Crippen molar-refractivity contribution in [1.29, 1.82) is 0 Å². The summed E-state index contributed by atoms with van der Waals surface area (Å²) in [5.41, 5.74) is 1.76. The van der Waals surface area contributed by atoms with E-state index in [9.17, 15) is 9.59 Å². The average molecular weight is 314 g/mol. The van der Waals surface area contributed by atoms with E-state index < -0.39 is 5.97 Å². The highest BCUT2D eigenvalue weighted by molar-refractivity contribution is 5.96. The van der Waals surface area contributed by atoms with Gasteiger partial charge in [-0.05, 0) is 44.0 Å². The van der Waals surface area contributed by atoms with Crippen molar-refractivity contribution in [2.75, 3.05) is 13.7 Å². The Labute approximate surface area is 134 Å². The summed E-state index contributed by atoms with van der Waals surface area (Å²) < 4.78 is 9.79. The third-order valence-corrected chi connectivity index (χ3v) is 4.05. The smallest absolute Gasteiger partial charge is 0.337 e. The first kappa shape index (κ1) is 15.3. The Hall–Kier alpha value is -2.63. The van der Waals surface area contributed by atoms with Gasteiger partial charge in [0.15, 0.2) is 0 Å². The molecule has 1 unspecified atom stereocenters. The van der Waals surface area contributed by atoms with Gasteiger partial charge in [-0.3, -0.25) is 4.79 Å². The zero-order chi connectivity index (χ0) is 16.4. The molecule has 1 aliphatic heterocycles. The summed E-state index contributed by atoms with van der Waals surface area (Å²) in [4.78, 5) is 26.0. The summed E-state index contributed by atoms with van der Waals surface area (Å²) >= 11 is 0. The molecule has 3 rings (SSSR count). The van der Waals surface area contributed by atoms with E-state index in [4.69, 9.17) is 4.52 Å². The second-order valence-corrected chi connectivity index (χ2v) is 5.59. The van der Waals surface area contributed by atoms with Crippen molar-refractivity contribution in [2.45, 2.75) is 25.8 Å². The maximum atomic E-state index is 12.7. The number of ether oxygens (including phenoxy) is 1. The van der Waals surface area contributed by atoms with Crippen molar-refractivity contribution in [3.05, 3.63) is 52.9 Å². The van der Waals surface area contributed by atoms with Crippen LogP contribution in [0.4, 0.5) is 0 Å². The third-order valence-electron chi connectivity index (χ3n) is 4.05. The van der Waals surface area contributed by atoms with Gasteiger partial charge in [-0.15, -0.1) is 0 Å². The van der Waals surface area contributed by atoms with E-state index in [1.54, 1.807) is 24.3 Å². The molecule has 2 heterocycles. The molecule has 0 radical (unpaired) electrons. The Morgan fingerprint density at radius 1 is 1.26 bits per heavy atom. The van der Waals surface area contributed by atoms with Crippen LogP contribution in [-0.2, 0) is 4.74 Å². The van der Waals surface area contributed by atoms with E-state index in [0.717, 1.165) is 24.3 Å². The molecule has 0 N–H and O–H groups in total. The molecule has 0 bridgehead atoms. The molecule has 0 saturated carbocycles. The van der Waals surface area contributed by atoms with Crippen molar-refractivity contribution in [2.24, 2.45) is 0 Å². The predicted molar refractivity (Wildman–Crippen MR) is 82.0 cm³/mol. The number of carbonyl (C=O) groups is 2. The highest BCUT2D eigenvalue weighted by Crippen LogP contribution is 2.32. The fraction of sp³-hybridized carbons (Fsp3) is 0.353. The number of rotatable bonds is 3. The van der Waals surface area contributed by atoms with Crippen LogP contribution in [0.25, 0.3) is 0 Å². The standard InChI is InChI=1S/C17H18N2O4/c1-11-10-14(18-23-11)15-4-3-9-19(15)16(20)12-5-7-13(8-6-12)17(21)22-2/h5-8,10,15H,3-4,9H2,1-2H3. The monoisotopic (exact) mass is 314 g/mol. The fourth-order valence-electron chi connectivity index (χ4n) is 2.89. The van der Waals surface area contributed by atoms with Crippen LogP contribution in [-0.4, -0.2) is 35.6 Å². The Kier molecular flexibility index (Phi) is 4.14. The number of amides is 1. The fourth-order valence-corrected chi connectivity index (χ4v) is 2.89. The second-order valence-electron chi connectivity index (χ2n) is 5.59. The first-order chi connectivity index (χ1) is 11.1. The number of methoxy groups -OCH3 is 1. The van der Waals surface area contributed by atoms with Crippen molar-refractivity contribution in [3.8, 4) is 0 Å². The van der Waals surface area contributed by atoms with Gasteiger partial charge in [-0.2, -0.15) is 0 Å². The first-order valence-corrected chi connectivity index (χ1v) is 7.52. The van der Waals surface area contributed by atoms with Crippen LogP contribution in [0.15, 0.2) is 34.9 Å². The number of aryl methyl sites for hydroxylation is 1. The van der Waals surface area contributed by atoms with Gasteiger partial charge in [-0.25, -0.2) is 4.79 Å². The summed E-state index contributed by atoms with van der Waals surface area (Å²) in [5, 5.41) is 4.04. The normalized spacial score (nSPS) is 17.3. The van der Waals surface area contributed by atoms with Crippen molar-refractivity contribution in [3.63, 3.8) is 0 Å². The molecule has 0 aliphatic carbocycles. The molecule has 1 aliphatic rings. The van der Waals surface area contributed by atoms with Gasteiger partial charge in [0.25, 0.3) is 5.91 Å². The minimum atomic E-state index is -0.416. The van der Waals surface area contributed by atoms with Crippen LogP contribution in [0.5, 0.6) is 0 Å². The average Bonchev–Trinajstić information content (AvgIpc) is 3.22. The number of benzene rings is 1. The van der Waals surface area contributed by atoms with Gasteiger partial charge in [0.05, 0.1) is 18.7 Å². The molecular weight excluding hydrogens is 296 g/mol. The Balaban J connectivity index is 1.80.